The third kappa shape index (κ3) is 4.17. The molecule has 0 aliphatic rings. The van der Waals surface area contributed by atoms with E-state index in [-0.39, 0.29) is 18.3 Å². The molecule has 0 spiro atoms. The van der Waals surface area contributed by atoms with Crippen LogP contribution in [0.1, 0.15) is 52.0 Å². The summed E-state index contributed by atoms with van der Waals surface area (Å²) in [5.41, 5.74) is 1.32. The van der Waals surface area contributed by atoms with Crippen LogP contribution < -0.4 is 4.74 Å². The van der Waals surface area contributed by atoms with Crippen molar-refractivity contribution >= 4 is 5.78 Å². The Bertz CT molecular complexity index is 367. The molecule has 0 aromatic heterocycles. The molecule has 0 heterocycles. The maximum Gasteiger partial charge on any atom is 0.172 e. The Labute approximate surface area is 110 Å². The largest absolute Gasteiger partial charge is 0.486 e. The quantitative estimate of drug-likeness (QED) is 0.723. The molecule has 2 atom stereocenters. The van der Waals surface area contributed by atoms with Crippen molar-refractivity contribution in [1.29, 1.82) is 0 Å². The Kier molecular flexibility index (Phi) is 5.90. The van der Waals surface area contributed by atoms with Gasteiger partial charge < -0.3 is 4.74 Å². The zero-order valence-electron chi connectivity index (χ0n) is 11.9. The summed E-state index contributed by atoms with van der Waals surface area (Å²) < 4.78 is 5.51. The minimum atomic E-state index is 0.0874. The second-order valence-electron chi connectivity index (χ2n) is 4.94. The number of carbonyl (C=O) groups excluding carboxylic acids is 1. The summed E-state index contributed by atoms with van der Waals surface area (Å²) >= 11 is 0. The average molecular weight is 248 g/mol. The van der Waals surface area contributed by atoms with Crippen molar-refractivity contribution in [2.45, 2.75) is 46.5 Å². The first-order chi connectivity index (χ1) is 8.58. The monoisotopic (exact) mass is 248 g/mol. The molecule has 2 heteroatoms. The highest BCUT2D eigenvalue weighted by Crippen LogP contribution is 2.21. The lowest BCUT2D eigenvalue weighted by Crippen LogP contribution is -2.18. The molecular formula is C16H24O2. The molecule has 1 aromatic carbocycles. The lowest BCUT2D eigenvalue weighted by atomic mass is 9.99. The van der Waals surface area contributed by atoms with Crippen molar-refractivity contribution in [3.8, 4) is 5.75 Å². The van der Waals surface area contributed by atoms with E-state index in [4.69, 9.17) is 4.74 Å². The molecule has 0 saturated carbocycles. The topological polar surface area (TPSA) is 26.3 Å². The summed E-state index contributed by atoms with van der Waals surface area (Å²) in [4.78, 5) is 11.6. The Hall–Kier alpha value is -1.31. The molecule has 0 bridgehead atoms. The fourth-order valence-corrected chi connectivity index (χ4v) is 1.65. The van der Waals surface area contributed by atoms with E-state index >= 15 is 0 Å². The summed E-state index contributed by atoms with van der Waals surface area (Å²) in [5.74, 6) is 1.60. The van der Waals surface area contributed by atoms with Gasteiger partial charge in [-0.05, 0) is 36.5 Å². The Balaban J connectivity index is 2.51. The van der Waals surface area contributed by atoms with E-state index in [9.17, 15) is 4.79 Å². The van der Waals surface area contributed by atoms with E-state index in [0.717, 1.165) is 18.6 Å². The van der Waals surface area contributed by atoms with Crippen molar-refractivity contribution in [1.82, 2.24) is 0 Å². The second kappa shape index (κ2) is 7.20. The van der Waals surface area contributed by atoms with Gasteiger partial charge in [0.05, 0.1) is 0 Å². The van der Waals surface area contributed by atoms with E-state index < -0.39 is 0 Å². The van der Waals surface area contributed by atoms with Crippen LogP contribution in [0.15, 0.2) is 24.3 Å². The molecule has 1 aromatic rings. The number of hydrogen-bond donors (Lipinski definition) is 0. The lowest BCUT2D eigenvalue weighted by Gasteiger charge is -2.11. The maximum atomic E-state index is 11.6. The molecule has 0 fully saturated rings. The second-order valence-corrected chi connectivity index (χ2v) is 4.94. The van der Waals surface area contributed by atoms with Crippen LogP contribution in [0, 0.1) is 5.92 Å². The minimum absolute atomic E-state index is 0.0874. The normalized spacial score (nSPS) is 14.0. The highest BCUT2D eigenvalue weighted by Gasteiger charge is 2.11. The summed E-state index contributed by atoms with van der Waals surface area (Å²) in [6.07, 6.45) is 2.00. The zero-order chi connectivity index (χ0) is 13.5. The number of carbonyl (C=O) groups is 1. The summed E-state index contributed by atoms with van der Waals surface area (Å²) in [5, 5.41) is 0. The van der Waals surface area contributed by atoms with E-state index in [0.29, 0.717) is 5.92 Å². The van der Waals surface area contributed by atoms with Gasteiger partial charge in [-0.3, -0.25) is 4.79 Å². The number of ether oxygens (including phenoxy) is 1. The standard InChI is InChI=1S/C16H24O2/c1-5-12(3)14-7-9-15(10-8-14)18-11-16(17)13(4)6-2/h7-10,12-13H,5-6,11H2,1-4H3. The molecule has 0 radical (unpaired) electrons. The van der Waals surface area contributed by atoms with Crippen LogP contribution in [0.4, 0.5) is 0 Å². The van der Waals surface area contributed by atoms with E-state index in [1.807, 2.05) is 26.0 Å². The van der Waals surface area contributed by atoms with Crippen LogP contribution in [0.25, 0.3) is 0 Å². The summed E-state index contributed by atoms with van der Waals surface area (Å²) in [6.45, 7) is 8.53. The van der Waals surface area contributed by atoms with Gasteiger partial charge in [0, 0.05) is 5.92 Å². The number of Topliss-reactive ketones (excluding diaryl/α,β-unsaturated/α-hetero) is 1. The van der Waals surface area contributed by atoms with Gasteiger partial charge >= 0.3 is 0 Å². The average Bonchev–Trinajstić information content (AvgIpc) is 2.43. The molecule has 0 aliphatic carbocycles. The molecule has 100 valence electrons. The van der Waals surface area contributed by atoms with Gasteiger partial charge in [-0.2, -0.15) is 0 Å². The van der Waals surface area contributed by atoms with Gasteiger partial charge in [-0.25, -0.2) is 0 Å². The van der Waals surface area contributed by atoms with Crippen molar-refractivity contribution in [3.63, 3.8) is 0 Å². The third-order valence-corrected chi connectivity index (χ3v) is 3.60. The molecule has 0 amide bonds. The number of ketones is 1. The molecule has 0 aliphatic heterocycles. The van der Waals surface area contributed by atoms with Gasteiger partial charge in [0.15, 0.2) is 5.78 Å². The molecule has 1 rings (SSSR count). The molecule has 18 heavy (non-hydrogen) atoms. The molecular weight excluding hydrogens is 224 g/mol. The first-order valence-corrected chi connectivity index (χ1v) is 6.83. The van der Waals surface area contributed by atoms with Crippen LogP contribution in [-0.2, 0) is 4.79 Å². The van der Waals surface area contributed by atoms with Gasteiger partial charge in [-0.1, -0.05) is 39.8 Å². The van der Waals surface area contributed by atoms with Crippen molar-refractivity contribution in [2.24, 2.45) is 5.92 Å². The molecule has 0 saturated heterocycles. The number of hydrogen-bond acceptors (Lipinski definition) is 2. The molecule has 2 unspecified atom stereocenters. The fourth-order valence-electron chi connectivity index (χ4n) is 1.65. The highest BCUT2D eigenvalue weighted by atomic mass is 16.5. The van der Waals surface area contributed by atoms with Crippen LogP contribution in [-0.4, -0.2) is 12.4 Å². The van der Waals surface area contributed by atoms with Gasteiger partial charge in [-0.15, -0.1) is 0 Å². The SMILES string of the molecule is CCC(C)C(=O)COc1ccc(C(C)CC)cc1. The summed E-state index contributed by atoms with van der Waals surface area (Å²) in [7, 11) is 0. The van der Waals surface area contributed by atoms with Crippen molar-refractivity contribution in [2.75, 3.05) is 6.61 Å². The first kappa shape index (κ1) is 14.7. The zero-order valence-corrected chi connectivity index (χ0v) is 11.9. The smallest absolute Gasteiger partial charge is 0.172 e. The van der Waals surface area contributed by atoms with E-state index in [1.165, 1.54) is 5.56 Å². The lowest BCUT2D eigenvalue weighted by molar-refractivity contribution is -0.124. The predicted molar refractivity (Wildman–Crippen MR) is 75.1 cm³/mol. The van der Waals surface area contributed by atoms with Crippen molar-refractivity contribution in [3.05, 3.63) is 29.8 Å². The molecule has 0 N–H and O–H groups in total. The first-order valence-electron chi connectivity index (χ1n) is 6.83. The van der Waals surface area contributed by atoms with E-state index in [1.54, 1.807) is 0 Å². The fraction of sp³-hybridized carbons (Fsp3) is 0.562. The van der Waals surface area contributed by atoms with Gasteiger partial charge in [0.25, 0.3) is 0 Å². The van der Waals surface area contributed by atoms with Crippen LogP contribution in [0.3, 0.4) is 0 Å². The summed E-state index contributed by atoms with van der Waals surface area (Å²) in [6, 6.07) is 8.06. The minimum Gasteiger partial charge on any atom is -0.486 e. The number of rotatable bonds is 7. The van der Waals surface area contributed by atoms with Crippen LogP contribution >= 0.6 is 0 Å². The third-order valence-electron chi connectivity index (χ3n) is 3.60. The van der Waals surface area contributed by atoms with Gasteiger partial charge in [0.1, 0.15) is 12.4 Å². The van der Waals surface area contributed by atoms with Crippen molar-refractivity contribution < 1.29 is 9.53 Å². The maximum absolute atomic E-state index is 11.6. The predicted octanol–water partition coefficient (Wildman–Crippen LogP) is 4.19. The Morgan fingerprint density at radius 3 is 2.22 bits per heavy atom. The van der Waals surface area contributed by atoms with E-state index in [2.05, 4.69) is 26.0 Å². The number of benzene rings is 1. The molecule has 2 nitrogen and oxygen atoms in total. The van der Waals surface area contributed by atoms with Gasteiger partial charge in [0.2, 0.25) is 0 Å². The Morgan fingerprint density at radius 2 is 1.72 bits per heavy atom. The van der Waals surface area contributed by atoms with Crippen LogP contribution in [0.2, 0.25) is 0 Å². The highest BCUT2D eigenvalue weighted by molar-refractivity contribution is 5.82. The van der Waals surface area contributed by atoms with Crippen LogP contribution in [0.5, 0.6) is 5.75 Å². The Morgan fingerprint density at radius 1 is 1.11 bits per heavy atom.